The lowest BCUT2D eigenvalue weighted by molar-refractivity contribution is -0.383. The molecule has 5 heteroatoms. The summed E-state index contributed by atoms with van der Waals surface area (Å²) in [6.45, 7) is 5.72. The molecule has 0 aliphatic heterocycles. The zero-order valence-corrected chi connectivity index (χ0v) is 11.7. The van der Waals surface area contributed by atoms with E-state index in [2.05, 4.69) is 12.2 Å². The molecule has 0 heterocycles. The molecule has 1 aliphatic rings. The average Bonchev–Trinajstić information content (AvgIpc) is 3.04. The number of anilines is 2. The molecule has 1 fully saturated rings. The summed E-state index contributed by atoms with van der Waals surface area (Å²) in [5, 5.41) is 14.4. The number of rotatable bonds is 6. The number of benzene rings is 1. The van der Waals surface area contributed by atoms with Crippen LogP contribution in [0.1, 0.15) is 20.3 Å². The van der Waals surface area contributed by atoms with Crippen LogP contribution in [-0.4, -0.2) is 25.1 Å². The van der Waals surface area contributed by atoms with Crippen LogP contribution >= 0.6 is 0 Å². The minimum Gasteiger partial charge on any atom is -0.380 e. The van der Waals surface area contributed by atoms with Gasteiger partial charge >= 0.3 is 5.69 Å². The highest BCUT2D eigenvalue weighted by molar-refractivity contribution is 5.76. The van der Waals surface area contributed by atoms with Crippen LogP contribution in [0, 0.1) is 22.0 Å². The molecular formula is C14H21N3O2. The Bertz CT molecular complexity index is 476. The first-order valence-corrected chi connectivity index (χ1v) is 6.77. The molecular weight excluding hydrogens is 242 g/mol. The molecule has 2 unspecified atom stereocenters. The van der Waals surface area contributed by atoms with E-state index in [1.807, 2.05) is 31.0 Å². The monoisotopic (exact) mass is 263 g/mol. The van der Waals surface area contributed by atoms with Gasteiger partial charge in [-0.15, -0.1) is 0 Å². The van der Waals surface area contributed by atoms with Crippen LogP contribution in [0.2, 0.25) is 0 Å². The van der Waals surface area contributed by atoms with Gasteiger partial charge in [-0.1, -0.05) is 13.0 Å². The predicted molar refractivity (Wildman–Crippen MR) is 77.8 cm³/mol. The number of para-hydroxylation sites is 1. The van der Waals surface area contributed by atoms with Crippen molar-refractivity contribution in [3.63, 3.8) is 0 Å². The number of nitro groups is 1. The van der Waals surface area contributed by atoms with E-state index < -0.39 is 0 Å². The van der Waals surface area contributed by atoms with Crippen molar-refractivity contribution in [3.8, 4) is 0 Å². The SMILES string of the molecule is CCNc1cccc(N(C)CC2CC2C)c1[N+](=O)[O-]. The van der Waals surface area contributed by atoms with Gasteiger partial charge in [0.1, 0.15) is 11.4 Å². The lowest BCUT2D eigenvalue weighted by Crippen LogP contribution is -2.22. The Balaban J connectivity index is 2.27. The first-order chi connectivity index (χ1) is 9.04. The second-order valence-corrected chi connectivity index (χ2v) is 5.31. The Morgan fingerprint density at radius 2 is 2.21 bits per heavy atom. The van der Waals surface area contributed by atoms with Crippen LogP contribution in [0.5, 0.6) is 0 Å². The number of hydrogen-bond donors (Lipinski definition) is 1. The molecule has 1 N–H and O–H groups in total. The van der Waals surface area contributed by atoms with Gasteiger partial charge in [0.05, 0.1) is 4.92 Å². The van der Waals surface area contributed by atoms with Crippen LogP contribution < -0.4 is 10.2 Å². The van der Waals surface area contributed by atoms with E-state index in [1.165, 1.54) is 6.42 Å². The van der Waals surface area contributed by atoms with Crippen molar-refractivity contribution in [2.24, 2.45) is 11.8 Å². The molecule has 0 aromatic heterocycles. The molecule has 1 aliphatic carbocycles. The van der Waals surface area contributed by atoms with Crippen LogP contribution in [0.15, 0.2) is 18.2 Å². The first-order valence-electron chi connectivity index (χ1n) is 6.77. The number of hydrogen-bond acceptors (Lipinski definition) is 4. The van der Waals surface area contributed by atoms with Crippen molar-refractivity contribution in [3.05, 3.63) is 28.3 Å². The summed E-state index contributed by atoms with van der Waals surface area (Å²) in [6.07, 6.45) is 1.23. The Morgan fingerprint density at radius 3 is 2.74 bits per heavy atom. The summed E-state index contributed by atoms with van der Waals surface area (Å²) < 4.78 is 0. The molecule has 0 saturated heterocycles. The Labute approximate surface area is 113 Å². The maximum Gasteiger partial charge on any atom is 0.315 e. The van der Waals surface area contributed by atoms with Gasteiger partial charge in [0.25, 0.3) is 0 Å². The van der Waals surface area contributed by atoms with E-state index in [9.17, 15) is 10.1 Å². The maximum absolute atomic E-state index is 11.3. The summed E-state index contributed by atoms with van der Waals surface area (Å²) in [4.78, 5) is 13.0. The largest absolute Gasteiger partial charge is 0.380 e. The summed E-state index contributed by atoms with van der Waals surface area (Å²) >= 11 is 0. The van der Waals surface area contributed by atoms with Gasteiger partial charge in [0.15, 0.2) is 0 Å². The first kappa shape index (κ1) is 13.6. The molecule has 0 amide bonds. The normalized spacial score (nSPS) is 21.0. The molecule has 104 valence electrons. The van der Waals surface area contributed by atoms with Crippen LogP contribution in [-0.2, 0) is 0 Å². The summed E-state index contributed by atoms with van der Waals surface area (Å²) in [6, 6.07) is 5.46. The van der Waals surface area contributed by atoms with Gasteiger partial charge in [-0.3, -0.25) is 10.1 Å². The highest BCUT2D eigenvalue weighted by Crippen LogP contribution is 2.41. The predicted octanol–water partition coefficient (Wildman–Crippen LogP) is 3.12. The topological polar surface area (TPSA) is 58.4 Å². The van der Waals surface area contributed by atoms with Crippen molar-refractivity contribution in [2.45, 2.75) is 20.3 Å². The zero-order chi connectivity index (χ0) is 14.0. The Hall–Kier alpha value is -1.78. The summed E-state index contributed by atoms with van der Waals surface area (Å²) in [5.74, 6) is 1.42. The maximum atomic E-state index is 11.3. The molecule has 0 spiro atoms. The molecule has 0 radical (unpaired) electrons. The second kappa shape index (κ2) is 5.47. The smallest absolute Gasteiger partial charge is 0.315 e. The van der Waals surface area contributed by atoms with Gasteiger partial charge < -0.3 is 10.2 Å². The minimum absolute atomic E-state index is 0.181. The fraction of sp³-hybridized carbons (Fsp3) is 0.571. The highest BCUT2D eigenvalue weighted by Gasteiger charge is 2.34. The van der Waals surface area contributed by atoms with Crippen molar-refractivity contribution < 1.29 is 4.92 Å². The standard InChI is InChI=1S/C14H21N3O2/c1-4-15-12-6-5-7-13(14(12)17(18)19)16(3)9-11-8-10(11)2/h5-7,10-11,15H,4,8-9H2,1-3H3. The van der Waals surface area contributed by atoms with E-state index in [0.717, 1.165) is 12.5 Å². The van der Waals surface area contributed by atoms with Gasteiger partial charge in [-0.05, 0) is 37.3 Å². The fourth-order valence-corrected chi connectivity index (χ4v) is 2.47. The second-order valence-electron chi connectivity index (χ2n) is 5.31. The van der Waals surface area contributed by atoms with Crippen molar-refractivity contribution in [1.82, 2.24) is 0 Å². The molecule has 1 aromatic rings. The fourth-order valence-electron chi connectivity index (χ4n) is 2.47. The van der Waals surface area contributed by atoms with Gasteiger partial charge in [0, 0.05) is 20.1 Å². The molecule has 0 bridgehead atoms. The van der Waals surface area contributed by atoms with E-state index >= 15 is 0 Å². The molecule has 1 saturated carbocycles. The van der Waals surface area contributed by atoms with E-state index in [4.69, 9.17) is 0 Å². The van der Waals surface area contributed by atoms with Crippen LogP contribution in [0.3, 0.4) is 0 Å². The molecule has 19 heavy (non-hydrogen) atoms. The summed E-state index contributed by atoms with van der Waals surface area (Å²) in [7, 11) is 1.93. The quantitative estimate of drug-likeness (QED) is 0.633. The Morgan fingerprint density at radius 1 is 1.53 bits per heavy atom. The lowest BCUT2D eigenvalue weighted by atomic mass is 10.2. The highest BCUT2D eigenvalue weighted by atomic mass is 16.6. The van der Waals surface area contributed by atoms with E-state index in [0.29, 0.717) is 23.8 Å². The van der Waals surface area contributed by atoms with Gasteiger partial charge in [-0.25, -0.2) is 0 Å². The third-order valence-electron chi connectivity index (χ3n) is 3.76. The van der Waals surface area contributed by atoms with Crippen molar-refractivity contribution in [2.75, 3.05) is 30.4 Å². The molecule has 1 aromatic carbocycles. The molecule has 5 nitrogen and oxygen atoms in total. The third-order valence-corrected chi connectivity index (χ3v) is 3.76. The molecule has 2 rings (SSSR count). The number of nitrogens with one attached hydrogen (secondary N) is 1. The van der Waals surface area contributed by atoms with Crippen molar-refractivity contribution >= 4 is 17.1 Å². The van der Waals surface area contributed by atoms with E-state index in [-0.39, 0.29) is 10.6 Å². The Kier molecular flexibility index (Phi) is 3.93. The third kappa shape index (κ3) is 2.97. The van der Waals surface area contributed by atoms with Crippen molar-refractivity contribution in [1.29, 1.82) is 0 Å². The zero-order valence-electron chi connectivity index (χ0n) is 11.7. The number of nitrogens with zero attached hydrogens (tertiary/aromatic N) is 2. The summed E-state index contributed by atoms with van der Waals surface area (Å²) in [5.41, 5.74) is 1.48. The van der Waals surface area contributed by atoms with Crippen LogP contribution in [0.4, 0.5) is 17.1 Å². The minimum atomic E-state index is -0.292. The average molecular weight is 263 g/mol. The van der Waals surface area contributed by atoms with E-state index in [1.54, 1.807) is 6.07 Å². The number of nitro benzene ring substituents is 1. The van der Waals surface area contributed by atoms with Crippen LogP contribution in [0.25, 0.3) is 0 Å². The van der Waals surface area contributed by atoms with Gasteiger partial charge in [-0.2, -0.15) is 0 Å². The van der Waals surface area contributed by atoms with Gasteiger partial charge in [0.2, 0.25) is 0 Å². The lowest BCUT2D eigenvalue weighted by Gasteiger charge is -2.20. The molecule has 2 atom stereocenters.